The van der Waals surface area contributed by atoms with Crippen molar-refractivity contribution in [2.75, 3.05) is 17.2 Å². The van der Waals surface area contributed by atoms with E-state index >= 15 is 0 Å². The zero-order valence-electron chi connectivity index (χ0n) is 11.7. The van der Waals surface area contributed by atoms with Crippen molar-refractivity contribution in [1.82, 2.24) is 0 Å². The van der Waals surface area contributed by atoms with Gasteiger partial charge in [0, 0.05) is 27.6 Å². The fourth-order valence-corrected chi connectivity index (χ4v) is 3.07. The Labute approximate surface area is 144 Å². The number of nitrogens with zero attached hydrogens (tertiary/aromatic N) is 1. The molecule has 0 fully saturated rings. The highest BCUT2D eigenvalue weighted by atomic mass is 79.9. The maximum absolute atomic E-state index is 6.28. The van der Waals surface area contributed by atoms with E-state index in [1.807, 2.05) is 30.3 Å². The third-order valence-corrected chi connectivity index (χ3v) is 4.28. The van der Waals surface area contributed by atoms with Crippen LogP contribution in [0.15, 0.2) is 40.9 Å². The predicted molar refractivity (Wildman–Crippen MR) is 96.4 cm³/mol. The van der Waals surface area contributed by atoms with Crippen molar-refractivity contribution < 1.29 is 0 Å². The van der Waals surface area contributed by atoms with E-state index in [1.54, 1.807) is 6.07 Å². The molecule has 0 spiro atoms. The van der Waals surface area contributed by atoms with E-state index in [2.05, 4.69) is 27.8 Å². The Morgan fingerprint density at radius 1 is 1.14 bits per heavy atom. The van der Waals surface area contributed by atoms with Crippen LogP contribution in [0.3, 0.4) is 0 Å². The summed E-state index contributed by atoms with van der Waals surface area (Å²) in [4.78, 5) is 2.23. The standard InChI is InChI=1S/C16H17BrCl2N2/c1-2-7-21(16-6-4-12(17)8-15(16)20)10-11-3-5-13(18)9-14(11)19/h3-6,8-9H,2,7,10,20H2,1H3. The van der Waals surface area contributed by atoms with E-state index in [0.717, 1.165) is 34.4 Å². The van der Waals surface area contributed by atoms with E-state index in [9.17, 15) is 0 Å². The largest absolute Gasteiger partial charge is 0.397 e. The molecule has 0 saturated carbocycles. The van der Waals surface area contributed by atoms with Gasteiger partial charge in [0.25, 0.3) is 0 Å². The highest BCUT2D eigenvalue weighted by Gasteiger charge is 2.12. The summed E-state index contributed by atoms with van der Waals surface area (Å²) in [6.07, 6.45) is 1.03. The number of hydrogen-bond donors (Lipinski definition) is 1. The average molecular weight is 388 g/mol. The van der Waals surface area contributed by atoms with Crippen LogP contribution >= 0.6 is 39.1 Å². The lowest BCUT2D eigenvalue weighted by Crippen LogP contribution is -2.24. The molecule has 0 aliphatic heterocycles. The molecule has 0 heterocycles. The van der Waals surface area contributed by atoms with Crippen molar-refractivity contribution in [3.05, 3.63) is 56.5 Å². The smallest absolute Gasteiger partial charge is 0.0603 e. The minimum Gasteiger partial charge on any atom is -0.397 e. The minimum atomic E-state index is 0.647. The van der Waals surface area contributed by atoms with Crippen LogP contribution in [0.4, 0.5) is 11.4 Å². The van der Waals surface area contributed by atoms with Gasteiger partial charge in [-0.05, 0) is 42.3 Å². The van der Waals surface area contributed by atoms with E-state index in [1.165, 1.54) is 0 Å². The topological polar surface area (TPSA) is 29.3 Å². The quantitative estimate of drug-likeness (QED) is 0.661. The van der Waals surface area contributed by atoms with Crippen LogP contribution in [0.1, 0.15) is 18.9 Å². The van der Waals surface area contributed by atoms with Crippen molar-refractivity contribution in [3.8, 4) is 0 Å². The highest BCUT2D eigenvalue weighted by Crippen LogP contribution is 2.30. The first kappa shape index (κ1) is 16.5. The molecule has 0 amide bonds. The third-order valence-electron chi connectivity index (χ3n) is 3.20. The van der Waals surface area contributed by atoms with Gasteiger partial charge in [-0.2, -0.15) is 0 Å². The Morgan fingerprint density at radius 2 is 1.90 bits per heavy atom. The monoisotopic (exact) mass is 386 g/mol. The molecule has 0 bridgehead atoms. The molecule has 0 saturated heterocycles. The molecule has 2 nitrogen and oxygen atoms in total. The third kappa shape index (κ3) is 4.29. The molecule has 0 aliphatic rings. The Bertz CT molecular complexity index is 632. The fourth-order valence-electron chi connectivity index (χ4n) is 2.22. The number of benzene rings is 2. The second-order valence-electron chi connectivity index (χ2n) is 4.86. The van der Waals surface area contributed by atoms with Gasteiger partial charge in [0.15, 0.2) is 0 Å². The van der Waals surface area contributed by atoms with Crippen LogP contribution in [0, 0.1) is 0 Å². The second kappa shape index (κ2) is 7.39. The SMILES string of the molecule is CCCN(Cc1ccc(Cl)cc1Cl)c1ccc(Br)cc1N. The van der Waals surface area contributed by atoms with Gasteiger partial charge in [-0.15, -0.1) is 0 Å². The number of halogens is 3. The summed E-state index contributed by atoms with van der Waals surface area (Å²) in [6.45, 7) is 3.76. The van der Waals surface area contributed by atoms with Crippen LogP contribution in [0.2, 0.25) is 10.0 Å². The lowest BCUT2D eigenvalue weighted by Gasteiger charge is -2.26. The van der Waals surface area contributed by atoms with Crippen LogP contribution in [-0.2, 0) is 6.54 Å². The molecule has 2 aromatic carbocycles. The summed E-state index contributed by atoms with van der Waals surface area (Å²) >= 11 is 15.7. The molecule has 0 aromatic heterocycles. The Kier molecular flexibility index (Phi) is 5.80. The molecule has 2 N–H and O–H groups in total. The van der Waals surface area contributed by atoms with Crippen LogP contribution in [0.5, 0.6) is 0 Å². The number of nitrogen functional groups attached to an aromatic ring is 1. The van der Waals surface area contributed by atoms with Crippen molar-refractivity contribution in [3.63, 3.8) is 0 Å². The Hall–Kier alpha value is -0.900. The lowest BCUT2D eigenvalue weighted by molar-refractivity contribution is 0.768. The summed E-state index contributed by atoms with van der Waals surface area (Å²) in [5.41, 5.74) is 8.95. The van der Waals surface area contributed by atoms with Crippen LogP contribution in [0.25, 0.3) is 0 Å². The van der Waals surface area contributed by atoms with Crippen molar-refractivity contribution >= 4 is 50.5 Å². The summed E-state index contributed by atoms with van der Waals surface area (Å²) in [7, 11) is 0. The van der Waals surface area contributed by atoms with Crippen molar-refractivity contribution in [2.45, 2.75) is 19.9 Å². The molecule has 0 aliphatic carbocycles. The maximum Gasteiger partial charge on any atom is 0.0603 e. The first-order chi connectivity index (χ1) is 10.0. The van der Waals surface area contributed by atoms with E-state index < -0.39 is 0 Å². The maximum atomic E-state index is 6.28. The summed E-state index contributed by atoms with van der Waals surface area (Å²) < 4.78 is 0.977. The number of rotatable bonds is 5. The average Bonchev–Trinajstić information content (AvgIpc) is 2.41. The van der Waals surface area contributed by atoms with Gasteiger partial charge in [0.2, 0.25) is 0 Å². The molecular formula is C16H17BrCl2N2. The summed E-state index contributed by atoms with van der Waals surface area (Å²) in [5, 5.41) is 1.33. The number of hydrogen-bond acceptors (Lipinski definition) is 2. The van der Waals surface area contributed by atoms with Gasteiger partial charge < -0.3 is 10.6 Å². The van der Waals surface area contributed by atoms with E-state index in [-0.39, 0.29) is 0 Å². The van der Waals surface area contributed by atoms with E-state index in [0.29, 0.717) is 16.6 Å². The summed E-state index contributed by atoms with van der Waals surface area (Å²) in [6, 6.07) is 11.5. The predicted octanol–water partition coefficient (Wildman–Crippen LogP) is 5.75. The molecule has 0 radical (unpaired) electrons. The Morgan fingerprint density at radius 3 is 2.52 bits per heavy atom. The number of anilines is 2. The first-order valence-corrected chi connectivity index (χ1v) is 8.30. The molecule has 0 unspecified atom stereocenters. The van der Waals surface area contributed by atoms with Gasteiger partial charge in [-0.1, -0.05) is 52.1 Å². The van der Waals surface area contributed by atoms with Crippen molar-refractivity contribution in [2.24, 2.45) is 0 Å². The first-order valence-electron chi connectivity index (χ1n) is 6.75. The highest BCUT2D eigenvalue weighted by molar-refractivity contribution is 9.10. The lowest BCUT2D eigenvalue weighted by atomic mass is 10.1. The van der Waals surface area contributed by atoms with Crippen LogP contribution in [-0.4, -0.2) is 6.54 Å². The molecule has 2 rings (SSSR count). The summed E-state index contributed by atoms with van der Waals surface area (Å²) in [5.74, 6) is 0. The minimum absolute atomic E-state index is 0.647. The fraction of sp³-hybridized carbons (Fsp3) is 0.250. The molecule has 21 heavy (non-hydrogen) atoms. The van der Waals surface area contributed by atoms with E-state index in [4.69, 9.17) is 28.9 Å². The molecule has 2 aromatic rings. The van der Waals surface area contributed by atoms with Gasteiger partial charge in [0.1, 0.15) is 0 Å². The molecule has 112 valence electrons. The van der Waals surface area contributed by atoms with Gasteiger partial charge >= 0.3 is 0 Å². The molecular weight excluding hydrogens is 371 g/mol. The zero-order valence-corrected chi connectivity index (χ0v) is 14.8. The van der Waals surface area contributed by atoms with Gasteiger partial charge in [-0.25, -0.2) is 0 Å². The number of nitrogens with two attached hydrogens (primary N) is 1. The molecule has 5 heteroatoms. The van der Waals surface area contributed by atoms with Gasteiger partial charge in [-0.3, -0.25) is 0 Å². The molecule has 0 atom stereocenters. The van der Waals surface area contributed by atoms with Gasteiger partial charge in [0.05, 0.1) is 11.4 Å². The Balaban J connectivity index is 2.30. The van der Waals surface area contributed by atoms with Crippen LogP contribution < -0.4 is 10.6 Å². The normalized spacial score (nSPS) is 10.7. The zero-order chi connectivity index (χ0) is 15.4. The van der Waals surface area contributed by atoms with Crippen molar-refractivity contribution in [1.29, 1.82) is 0 Å². The second-order valence-corrected chi connectivity index (χ2v) is 6.62.